The average molecular weight is 426 g/mol. The predicted octanol–water partition coefficient (Wildman–Crippen LogP) is -0.0184. The number of aliphatic carboxylic acids is 1. The van der Waals surface area contributed by atoms with E-state index in [-0.39, 0.29) is 29.1 Å². The molecule has 0 spiro atoms. The van der Waals surface area contributed by atoms with Gasteiger partial charge in [-0.05, 0) is 6.92 Å². The number of carbonyl (C=O) groups is 1. The number of nitrogens with one attached hydrogen (secondary N) is 1. The van der Waals surface area contributed by atoms with Crippen LogP contribution in [0.1, 0.15) is 16.8 Å². The lowest BCUT2D eigenvalue weighted by Gasteiger charge is -2.16. The summed E-state index contributed by atoms with van der Waals surface area (Å²) in [6.45, 7) is 0.654. The molecule has 0 aliphatic rings. The molecule has 0 bridgehead atoms. The molecule has 0 aliphatic carbocycles. The molecule has 1 aromatic heterocycles. The number of aromatic nitrogens is 1. The van der Waals surface area contributed by atoms with E-state index in [1.165, 1.54) is 13.1 Å². The number of allylic oxidation sites excluding steroid dienone is 1. The number of hydrogen-bond acceptors (Lipinski definition) is 7. The van der Waals surface area contributed by atoms with Crippen molar-refractivity contribution in [3.05, 3.63) is 35.2 Å². The largest absolute Gasteiger partial charge is 0.506 e. The molecule has 27 heavy (non-hydrogen) atoms. The SMILES string of the molecule is Cc1ncc(COP(=O)(O)O)c(CNC(/C=C/CP(=O)(O)O)C(=O)O)c1O. The van der Waals surface area contributed by atoms with Crippen molar-refractivity contribution in [2.24, 2.45) is 0 Å². The Balaban J connectivity index is 2.97. The summed E-state index contributed by atoms with van der Waals surface area (Å²) in [6.07, 6.45) is 2.64. The second-order valence-corrected chi connectivity index (χ2v) is 8.37. The first-order valence-electron chi connectivity index (χ1n) is 7.34. The van der Waals surface area contributed by atoms with Crippen LogP contribution in [-0.4, -0.2) is 52.9 Å². The van der Waals surface area contributed by atoms with E-state index in [1.54, 1.807) is 0 Å². The number of phosphoric acid groups is 1. The van der Waals surface area contributed by atoms with Crippen molar-refractivity contribution in [2.45, 2.75) is 26.1 Å². The van der Waals surface area contributed by atoms with Crippen LogP contribution in [0.25, 0.3) is 0 Å². The molecule has 1 unspecified atom stereocenters. The van der Waals surface area contributed by atoms with E-state index in [9.17, 15) is 24.1 Å². The minimum atomic E-state index is -4.77. The minimum Gasteiger partial charge on any atom is -0.506 e. The standard InChI is InChI=1S/C13H20N2O10P2/c1-8-12(16)10(9(5-14-8)7-25-27(22,23)24)6-15-11(13(17)18)3-2-4-26(19,20)21/h2-3,5,11,15-16H,4,6-7H2,1H3,(H,17,18)(H2,19,20,21)(H2,22,23,24)/b3-2+. The monoisotopic (exact) mass is 426 g/mol. The third-order valence-corrected chi connectivity index (χ3v) is 4.41. The zero-order valence-corrected chi connectivity index (χ0v) is 15.9. The van der Waals surface area contributed by atoms with Crippen LogP contribution in [0.2, 0.25) is 0 Å². The van der Waals surface area contributed by atoms with Gasteiger partial charge in [0.25, 0.3) is 0 Å². The van der Waals surface area contributed by atoms with Gasteiger partial charge in [0.05, 0.1) is 18.5 Å². The molecule has 0 saturated carbocycles. The van der Waals surface area contributed by atoms with Gasteiger partial charge in [-0.2, -0.15) is 0 Å². The molecule has 0 aliphatic heterocycles. The normalized spacial score (nSPS) is 13.8. The number of nitrogens with zero attached hydrogens (tertiary/aromatic N) is 1. The van der Waals surface area contributed by atoms with Crippen LogP contribution in [0, 0.1) is 6.92 Å². The second-order valence-electron chi connectivity index (χ2n) is 5.43. The first-order chi connectivity index (χ1) is 12.3. The number of phosphoric ester groups is 1. The van der Waals surface area contributed by atoms with Gasteiger partial charge in [-0.1, -0.05) is 12.2 Å². The highest BCUT2D eigenvalue weighted by Crippen LogP contribution is 2.38. The molecule has 152 valence electrons. The van der Waals surface area contributed by atoms with Crippen molar-refractivity contribution < 1.29 is 48.2 Å². The fourth-order valence-corrected chi connectivity index (χ4v) is 2.65. The highest BCUT2D eigenvalue weighted by atomic mass is 31.2. The number of aryl methyl sites for hydroxylation is 1. The molecule has 0 fully saturated rings. The maximum absolute atomic E-state index is 11.3. The van der Waals surface area contributed by atoms with E-state index in [1.807, 2.05) is 0 Å². The van der Waals surface area contributed by atoms with Gasteiger partial charge in [-0.15, -0.1) is 0 Å². The van der Waals surface area contributed by atoms with E-state index in [4.69, 9.17) is 19.6 Å². The number of aromatic hydroxyl groups is 1. The van der Waals surface area contributed by atoms with Crippen LogP contribution in [0.3, 0.4) is 0 Å². The molecule has 1 atom stereocenters. The van der Waals surface area contributed by atoms with Crippen molar-refractivity contribution in [3.63, 3.8) is 0 Å². The van der Waals surface area contributed by atoms with Gasteiger partial charge in [0.2, 0.25) is 0 Å². The Bertz CT molecular complexity index is 801. The fraction of sp³-hybridized carbons (Fsp3) is 0.385. The molecule has 1 heterocycles. The van der Waals surface area contributed by atoms with Gasteiger partial charge < -0.3 is 29.8 Å². The Morgan fingerprint density at radius 3 is 2.48 bits per heavy atom. The summed E-state index contributed by atoms with van der Waals surface area (Å²) in [5.41, 5.74) is 0.443. The summed E-state index contributed by atoms with van der Waals surface area (Å²) in [4.78, 5) is 50.2. The van der Waals surface area contributed by atoms with Crippen LogP contribution < -0.4 is 5.32 Å². The summed E-state index contributed by atoms with van der Waals surface area (Å²) in [6, 6.07) is -1.33. The third-order valence-electron chi connectivity index (χ3n) is 3.26. The van der Waals surface area contributed by atoms with Crippen LogP contribution in [0.15, 0.2) is 18.3 Å². The number of hydrogen-bond donors (Lipinski definition) is 7. The molecule has 14 heteroatoms. The summed E-state index contributed by atoms with van der Waals surface area (Å²) in [5, 5.41) is 21.8. The van der Waals surface area contributed by atoms with E-state index >= 15 is 0 Å². The van der Waals surface area contributed by atoms with Crippen LogP contribution in [-0.2, 0) is 31.6 Å². The molecule has 1 rings (SSSR count). The zero-order valence-electron chi connectivity index (χ0n) is 14.1. The van der Waals surface area contributed by atoms with Crippen LogP contribution in [0.5, 0.6) is 5.75 Å². The topological polar surface area (TPSA) is 207 Å². The van der Waals surface area contributed by atoms with Gasteiger partial charge in [-0.3, -0.25) is 24.2 Å². The number of rotatable bonds is 10. The van der Waals surface area contributed by atoms with Gasteiger partial charge >= 0.3 is 21.4 Å². The van der Waals surface area contributed by atoms with Gasteiger partial charge in [0, 0.05) is 23.9 Å². The van der Waals surface area contributed by atoms with Crippen molar-refractivity contribution in [2.75, 3.05) is 6.16 Å². The number of carboxylic acids is 1. The van der Waals surface area contributed by atoms with Crippen LogP contribution in [0.4, 0.5) is 0 Å². The van der Waals surface area contributed by atoms with Gasteiger partial charge in [0.15, 0.2) is 0 Å². The Hall–Kier alpha value is -1.62. The number of carboxylic acid groups (broad SMARTS) is 1. The molecule has 0 amide bonds. The van der Waals surface area contributed by atoms with E-state index in [2.05, 4.69) is 14.8 Å². The lowest BCUT2D eigenvalue weighted by molar-refractivity contribution is -0.138. The van der Waals surface area contributed by atoms with Gasteiger partial charge in [-0.25, -0.2) is 4.57 Å². The van der Waals surface area contributed by atoms with Gasteiger partial charge in [0.1, 0.15) is 11.8 Å². The van der Waals surface area contributed by atoms with Crippen molar-refractivity contribution >= 4 is 21.4 Å². The molecule has 7 N–H and O–H groups in total. The fourth-order valence-electron chi connectivity index (χ4n) is 1.94. The molecule has 0 radical (unpaired) electrons. The van der Waals surface area contributed by atoms with Crippen molar-refractivity contribution in [1.82, 2.24) is 10.3 Å². The highest BCUT2D eigenvalue weighted by Gasteiger charge is 2.20. The van der Waals surface area contributed by atoms with E-state index < -0.39 is 40.2 Å². The lowest BCUT2D eigenvalue weighted by Crippen LogP contribution is -2.34. The molecule has 0 aromatic carbocycles. The zero-order chi connectivity index (χ0) is 20.8. The maximum atomic E-state index is 11.3. The highest BCUT2D eigenvalue weighted by molar-refractivity contribution is 7.51. The Morgan fingerprint density at radius 1 is 1.33 bits per heavy atom. The predicted molar refractivity (Wildman–Crippen MR) is 91.8 cm³/mol. The minimum absolute atomic E-state index is 0.116. The summed E-state index contributed by atoms with van der Waals surface area (Å²) in [7, 11) is -9.09. The molecular weight excluding hydrogens is 406 g/mol. The van der Waals surface area contributed by atoms with Crippen molar-refractivity contribution in [3.8, 4) is 5.75 Å². The van der Waals surface area contributed by atoms with E-state index in [0.717, 1.165) is 12.2 Å². The maximum Gasteiger partial charge on any atom is 0.469 e. The first kappa shape index (κ1) is 23.4. The second kappa shape index (κ2) is 9.54. The quantitative estimate of drug-likeness (QED) is 0.195. The summed E-state index contributed by atoms with van der Waals surface area (Å²) in [5.74, 6) is -1.65. The summed E-state index contributed by atoms with van der Waals surface area (Å²) >= 11 is 0. The number of pyridine rings is 1. The summed E-state index contributed by atoms with van der Waals surface area (Å²) < 4.78 is 26.0. The first-order valence-corrected chi connectivity index (χ1v) is 10.7. The average Bonchev–Trinajstić information content (AvgIpc) is 2.50. The third kappa shape index (κ3) is 8.74. The Morgan fingerprint density at radius 2 is 1.96 bits per heavy atom. The van der Waals surface area contributed by atoms with E-state index in [0.29, 0.717) is 0 Å². The lowest BCUT2D eigenvalue weighted by atomic mass is 10.1. The van der Waals surface area contributed by atoms with Crippen molar-refractivity contribution in [1.29, 1.82) is 0 Å². The molecule has 12 nitrogen and oxygen atoms in total. The smallest absolute Gasteiger partial charge is 0.469 e. The van der Waals surface area contributed by atoms with Crippen LogP contribution >= 0.6 is 15.4 Å². The molecular formula is C13H20N2O10P2. The Kier molecular flexibility index (Phi) is 8.27. The molecule has 0 saturated heterocycles. The molecule has 1 aromatic rings. The Labute approximate surface area is 153 Å².